The van der Waals surface area contributed by atoms with E-state index in [1.54, 1.807) is 29.8 Å². The van der Waals surface area contributed by atoms with E-state index in [1.807, 2.05) is 6.07 Å². The maximum absolute atomic E-state index is 12.4. The van der Waals surface area contributed by atoms with Crippen LogP contribution in [0.25, 0.3) is 0 Å². The van der Waals surface area contributed by atoms with Crippen molar-refractivity contribution in [2.24, 2.45) is 0 Å². The average molecular weight is 430 g/mol. The van der Waals surface area contributed by atoms with E-state index in [0.717, 1.165) is 0 Å². The molecule has 0 aliphatic heterocycles. The lowest BCUT2D eigenvalue weighted by atomic mass is 10.1. The number of anilines is 2. The van der Waals surface area contributed by atoms with Gasteiger partial charge in [0.25, 0.3) is 0 Å². The maximum Gasteiger partial charge on any atom is 0.409 e. The lowest BCUT2D eigenvalue weighted by Crippen LogP contribution is -2.18. The van der Waals surface area contributed by atoms with Gasteiger partial charge >= 0.3 is 6.09 Å². The van der Waals surface area contributed by atoms with Gasteiger partial charge in [-0.1, -0.05) is 18.1 Å². The van der Waals surface area contributed by atoms with Crippen LogP contribution >= 0.6 is 11.3 Å². The van der Waals surface area contributed by atoms with Gasteiger partial charge in [-0.25, -0.2) is 9.78 Å². The predicted molar refractivity (Wildman–Crippen MR) is 115 cm³/mol. The van der Waals surface area contributed by atoms with Crippen molar-refractivity contribution in [1.82, 2.24) is 4.98 Å². The topological polar surface area (TPSA) is 132 Å². The molecule has 3 aromatic rings. The summed E-state index contributed by atoms with van der Waals surface area (Å²) >= 11 is 1.37. The van der Waals surface area contributed by atoms with Gasteiger partial charge in [0.2, 0.25) is 5.91 Å². The van der Waals surface area contributed by atoms with E-state index in [1.165, 1.54) is 35.6 Å². The molecule has 0 radical (unpaired) electrons. The van der Waals surface area contributed by atoms with Crippen molar-refractivity contribution < 1.29 is 19.5 Å². The normalized spacial score (nSPS) is 9.65. The first kappa shape index (κ1) is 21.2. The van der Waals surface area contributed by atoms with Gasteiger partial charge in [0.1, 0.15) is 0 Å². The summed E-state index contributed by atoms with van der Waals surface area (Å²) in [6.45, 7) is 0. The lowest BCUT2D eigenvalue weighted by Gasteiger charge is -2.11. The number of nitriles is 1. The van der Waals surface area contributed by atoms with Gasteiger partial charge in [0, 0.05) is 22.7 Å². The molecule has 0 saturated carbocycles. The molecule has 1 aromatic heterocycles. The number of aromatic nitrogens is 1. The van der Waals surface area contributed by atoms with Crippen LogP contribution in [0.1, 0.15) is 32.9 Å². The summed E-state index contributed by atoms with van der Waals surface area (Å²) in [6.07, 6.45) is -0.151. The Kier molecular flexibility index (Phi) is 6.74. The van der Waals surface area contributed by atoms with Crippen LogP contribution in [0.4, 0.5) is 16.2 Å². The minimum absolute atomic E-state index is 0.138. The molecule has 0 saturated heterocycles. The molecular weight excluding hydrogens is 416 g/mol. The number of carbonyl (C=O) groups is 3. The zero-order valence-electron chi connectivity index (χ0n) is 15.9. The number of hydrogen-bond acceptors (Lipinski definition) is 6. The van der Waals surface area contributed by atoms with Crippen LogP contribution in [0.15, 0.2) is 54.0 Å². The van der Waals surface area contributed by atoms with E-state index in [0.29, 0.717) is 16.1 Å². The van der Waals surface area contributed by atoms with Crippen LogP contribution in [0.2, 0.25) is 0 Å². The number of thiazole rings is 1. The van der Waals surface area contributed by atoms with Crippen LogP contribution in [-0.2, 0) is 4.79 Å². The van der Waals surface area contributed by atoms with Crippen LogP contribution in [0.3, 0.4) is 0 Å². The number of nitrogens with zero attached hydrogens (tertiary/aromatic N) is 2. The molecule has 0 aliphatic carbocycles. The van der Waals surface area contributed by atoms with Gasteiger partial charge in [-0.05, 0) is 36.3 Å². The molecular formula is C22H14N4O4S. The number of hydrogen-bond donors (Lipinski definition) is 3. The zero-order valence-corrected chi connectivity index (χ0v) is 16.7. The molecule has 3 rings (SSSR count). The van der Waals surface area contributed by atoms with Crippen LogP contribution in [0.5, 0.6) is 0 Å². The molecule has 0 bridgehead atoms. The number of amides is 2. The predicted octanol–water partition coefficient (Wildman–Crippen LogP) is 3.72. The number of nitrogens with one attached hydrogen (secondary N) is 2. The summed E-state index contributed by atoms with van der Waals surface area (Å²) in [5.41, 5.74) is 1.37. The SMILES string of the molecule is N#Cc1cccc(C(=O)CC(=O)Nc2cc(C#Cc3nccs3)ccc2NC(=O)O)c1. The number of ketones is 1. The van der Waals surface area contributed by atoms with Crippen LogP contribution in [-0.4, -0.2) is 27.9 Å². The van der Waals surface area contributed by atoms with Gasteiger partial charge in [-0.3, -0.25) is 14.9 Å². The van der Waals surface area contributed by atoms with Gasteiger partial charge in [-0.2, -0.15) is 5.26 Å². The van der Waals surface area contributed by atoms with Gasteiger partial charge in [0.15, 0.2) is 10.8 Å². The second-order valence-corrected chi connectivity index (χ2v) is 7.01. The molecule has 31 heavy (non-hydrogen) atoms. The van der Waals surface area contributed by atoms with Crippen LogP contribution < -0.4 is 10.6 Å². The molecule has 9 heteroatoms. The molecule has 3 N–H and O–H groups in total. The quantitative estimate of drug-likeness (QED) is 0.321. The molecule has 8 nitrogen and oxygen atoms in total. The average Bonchev–Trinajstić information content (AvgIpc) is 3.27. The number of Topliss-reactive ketones (excluding diaryl/α,β-unsaturated/α-hetero) is 1. The van der Waals surface area contributed by atoms with Crippen molar-refractivity contribution in [3.8, 4) is 17.9 Å². The molecule has 0 spiro atoms. The highest BCUT2D eigenvalue weighted by Crippen LogP contribution is 2.24. The van der Waals surface area contributed by atoms with Gasteiger partial charge in [0.05, 0.1) is 29.4 Å². The van der Waals surface area contributed by atoms with Gasteiger partial charge in [-0.15, -0.1) is 11.3 Å². The van der Waals surface area contributed by atoms with E-state index in [2.05, 4.69) is 27.5 Å². The first-order valence-corrected chi connectivity index (χ1v) is 9.71. The van der Waals surface area contributed by atoms with Gasteiger partial charge < -0.3 is 10.4 Å². The second kappa shape index (κ2) is 9.83. The Morgan fingerprint density at radius 2 is 1.87 bits per heavy atom. The fraction of sp³-hybridized carbons (Fsp3) is 0.0455. The third-order valence-electron chi connectivity index (χ3n) is 3.92. The third kappa shape index (κ3) is 6.00. The van der Waals surface area contributed by atoms with Crippen molar-refractivity contribution >= 4 is 40.5 Å². The summed E-state index contributed by atoms with van der Waals surface area (Å²) in [6, 6.07) is 12.5. The molecule has 1 heterocycles. The van der Waals surface area contributed by atoms with Crippen molar-refractivity contribution in [3.63, 3.8) is 0 Å². The second-order valence-electron chi connectivity index (χ2n) is 6.12. The molecule has 0 atom stereocenters. The molecule has 2 amide bonds. The summed E-state index contributed by atoms with van der Waals surface area (Å²) < 4.78 is 0. The van der Waals surface area contributed by atoms with Crippen molar-refractivity contribution in [2.45, 2.75) is 6.42 Å². The zero-order chi connectivity index (χ0) is 22.2. The van der Waals surface area contributed by atoms with E-state index < -0.39 is 24.2 Å². The van der Waals surface area contributed by atoms with Crippen molar-refractivity contribution in [2.75, 3.05) is 10.6 Å². The standard InChI is InChI=1S/C22H14N4O4S/c23-13-15-2-1-3-16(10-15)19(27)12-20(28)25-18-11-14(4-6-17(18)26-22(29)30)5-7-21-24-8-9-31-21/h1-4,6,8-11,26H,12H2,(H,25,28)(H,29,30). The summed E-state index contributed by atoms with van der Waals surface area (Å²) in [5, 5.41) is 25.1. The first-order valence-electron chi connectivity index (χ1n) is 8.83. The largest absolute Gasteiger partial charge is 0.465 e. The minimum atomic E-state index is -1.30. The Bertz CT molecular complexity index is 1250. The van der Waals surface area contributed by atoms with E-state index in [4.69, 9.17) is 10.4 Å². The minimum Gasteiger partial charge on any atom is -0.465 e. The van der Waals surface area contributed by atoms with E-state index in [9.17, 15) is 14.4 Å². The summed E-state index contributed by atoms with van der Waals surface area (Å²) in [4.78, 5) is 39.9. The highest BCUT2D eigenvalue weighted by atomic mass is 32.1. The lowest BCUT2D eigenvalue weighted by molar-refractivity contribution is -0.115. The Hall–Kier alpha value is -4.47. The van der Waals surface area contributed by atoms with Crippen molar-refractivity contribution in [1.29, 1.82) is 5.26 Å². The van der Waals surface area contributed by atoms with E-state index >= 15 is 0 Å². The summed E-state index contributed by atoms with van der Waals surface area (Å²) in [7, 11) is 0. The Morgan fingerprint density at radius 3 is 2.58 bits per heavy atom. The van der Waals surface area contributed by atoms with Crippen LogP contribution in [0, 0.1) is 23.2 Å². The number of rotatable bonds is 5. The molecule has 0 aliphatic rings. The molecule has 0 fully saturated rings. The van der Waals surface area contributed by atoms with E-state index in [-0.39, 0.29) is 16.9 Å². The fourth-order valence-corrected chi connectivity index (χ4v) is 3.05. The Labute approximate surface area is 181 Å². The molecule has 2 aromatic carbocycles. The first-order chi connectivity index (χ1) is 14.9. The smallest absolute Gasteiger partial charge is 0.409 e. The molecule has 0 unspecified atom stereocenters. The number of carboxylic acid groups (broad SMARTS) is 1. The monoisotopic (exact) mass is 430 g/mol. The fourth-order valence-electron chi connectivity index (χ4n) is 2.56. The van der Waals surface area contributed by atoms with Crippen molar-refractivity contribution in [3.05, 3.63) is 75.7 Å². The Morgan fingerprint density at radius 1 is 1.03 bits per heavy atom. The number of carbonyl (C=O) groups excluding carboxylic acids is 2. The molecule has 152 valence electrons. The highest BCUT2D eigenvalue weighted by molar-refractivity contribution is 7.10. The maximum atomic E-state index is 12.4. The number of benzene rings is 2. The highest BCUT2D eigenvalue weighted by Gasteiger charge is 2.15. The Balaban J connectivity index is 1.79. The third-order valence-corrected chi connectivity index (χ3v) is 4.60. The summed E-state index contributed by atoms with van der Waals surface area (Å²) in [5.74, 6) is 4.66.